The molecule has 1 spiro atoms. The molecule has 1 N–H and O–H groups in total. The Morgan fingerprint density at radius 3 is 2.46 bits per heavy atom. The van der Waals surface area contributed by atoms with Crippen LogP contribution < -0.4 is 9.64 Å². The Balaban J connectivity index is 1.14. The molecule has 0 unspecified atom stereocenters. The molecule has 9 heteroatoms. The lowest BCUT2D eigenvalue weighted by Crippen LogP contribution is -2.67. The number of fused-ring (bicyclic) bond motifs is 1. The quantitative estimate of drug-likeness (QED) is 0.428. The van der Waals surface area contributed by atoms with Crippen molar-refractivity contribution in [2.45, 2.75) is 0 Å². The average molecular weight is 525 g/mol. The topological polar surface area (TPSA) is 86.8 Å². The van der Waals surface area contributed by atoms with E-state index >= 15 is 0 Å². The summed E-state index contributed by atoms with van der Waals surface area (Å²) in [5.41, 5.74) is 7.22. The molecule has 0 aliphatic carbocycles. The van der Waals surface area contributed by atoms with Gasteiger partial charge in [-0.2, -0.15) is 0 Å². The maximum atomic E-state index is 12.9. The number of hydrogen-bond acceptors (Lipinski definition) is 7. The summed E-state index contributed by atoms with van der Waals surface area (Å²) >= 11 is 0. The van der Waals surface area contributed by atoms with E-state index in [1.54, 1.807) is 13.3 Å². The monoisotopic (exact) mass is 524 g/mol. The highest BCUT2D eigenvalue weighted by Gasteiger charge is 2.50. The Labute approximate surface area is 227 Å². The Morgan fingerprint density at radius 1 is 1.03 bits per heavy atom. The minimum atomic E-state index is 0.0778. The lowest BCUT2D eigenvalue weighted by atomic mass is 9.78. The molecule has 5 heterocycles. The van der Waals surface area contributed by atoms with Gasteiger partial charge in [0, 0.05) is 62.2 Å². The van der Waals surface area contributed by atoms with Crippen LogP contribution in [0.3, 0.4) is 0 Å². The molecule has 2 aromatic heterocycles. The Morgan fingerprint density at radius 2 is 1.77 bits per heavy atom. The van der Waals surface area contributed by atoms with Crippen LogP contribution in [0, 0.1) is 5.41 Å². The van der Waals surface area contributed by atoms with E-state index in [-0.39, 0.29) is 11.3 Å². The number of likely N-dealkylation sites (tertiary alicyclic amines) is 1. The van der Waals surface area contributed by atoms with Gasteiger partial charge in [-0.1, -0.05) is 18.2 Å². The van der Waals surface area contributed by atoms with Crippen LogP contribution >= 0.6 is 0 Å². The van der Waals surface area contributed by atoms with Gasteiger partial charge in [-0.05, 0) is 36.9 Å². The zero-order valence-corrected chi connectivity index (χ0v) is 22.3. The smallest absolute Gasteiger partial charge is 0.253 e. The van der Waals surface area contributed by atoms with Gasteiger partial charge in [0.25, 0.3) is 5.91 Å². The van der Waals surface area contributed by atoms with E-state index in [0.717, 1.165) is 97.5 Å². The molecular formula is C30H32N6O3. The first-order chi connectivity index (χ1) is 19.0. The van der Waals surface area contributed by atoms with Crippen molar-refractivity contribution in [1.82, 2.24) is 24.8 Å². The Kier molecular flexibility index (Phi) is 5.79. The lowest BCUT2D eigenvalue weighted by Gasteiger charge is -2.54. The molecule has 200 valence electrons. The van der Waals surface area contributed by atoms with E-state index in [1.165, 1.54) is 0 Å². The molecule has 0 saturated carbocycles. The van der Waals surface area contributed by atoms with Crippen LogP contribution in [0.4, 0.5) is 5.69 Å². The highest BCUT2D eigenvalue weighted by atomic mass is 16.5. The summed E-state index contributed by atoms with van der Waals surface area (Å²) in [6.45, 7) is 7.13. The number of anilines is 1. The highest BCUT2D eigenvalue weighted by molar-refractivity contribution is 5.96. The van der Waals surface area contributed by atoms with E-state index in [0.29, 0.717) is 5.56 Å². The second kappa shape index (κ2) is 9.36. The number of H-pyrrole nitrogens is 1. The van der Waals surface area contributed by atoms with Gasteiger partial charge in [0.1, 0.15) is 11.3 Å². The SMILES string of the molecule is COc1cc(-c2cnc3[nH]cc(-c4ccc(C(=O)N5CC6(COC6)C5)cc4)c3n2)ccc1N1CCN(C)CC1. The lowest BCUT2D eigenvalue weighted by molar-refractivity contribution is -0.176. The molecular weight excluding hydrogens is 492 g/mol. The summed E-state index contributed by atoms with van der Waals surface area (Å²) in [5, 5.41) is 0. The summed E-state index contributed by atoms with van der Waals surface area (Å²) in [6, 6.07) is 14.0. The molecule has 0 atom stereocenters. The molecule has 2 aromatic carbocycles. The fraction of sp³-hybridized carbons (Fsp3) is 0.367. The number of amides is 1. The molecule has 1 amide bonds. The number of aromatic nitrogens is 3. The summed E-state index contributed by atoms with van der Waals surface area (Å²) < 4.78 is 11.1. The molecule has 4 aromatic rings. The molecule has 0 bridgehead atoms. The number of methoxy groups -OCH3 is 1. The van der Waals surface area contributed by atoms with Crippen molar-refractivity contribution < 1.29 is 14.3 Å². The van der Waals surface area contributed by atoms with Crippen LogP contribution in [0.2, 0.25) is 0 Å². The largest absolute Gasteiger partial charge is 0.495 e. The Bertz CT molecular complexity index is 1530. The molecule has 7 rings (SSSR count). The third kappa shape index (κ3) is 4.22. The maximum absolute atomic E-state index is 12.9. The van der Waals surface area contributed by atoms with E-state index in [4.69, 9.17) is 14.5 Å². The Hall–Kier alpha value is -3.95. The second-order valence-corrected chi connectivity index (χ2v) is 11.1. The van der Waals surface area contributed by atoms with Gasteiger partial charge in [-0.3, -0.25) is 4.79 Å². The normalized spacial score (nSPS) is 18.7. The van der Waals surface area contributed by atoms with Gasteiger partial charge >= 0.3 is 0 Å². The predicted octanol–water partition coefficient (Wildman–Crippen LogP) is 3.52. The average Bonchev–Trinajstić information content (AvgIpc) is 3.35. The van der Waals surface area contributed by atoms with Crippen LogP contribution in [-0.2, 0) is 4.74 Å². The summed E-state index contributed by atoms with van der Waals surface area (Å²) in [5.74, 6) is 0.917. The van der Waals surface area contributed by atoms with Crippen molar-refractivity contribution in [2.75, 3.05) is 71.5 Å². The number of aromatic amines is 1. The number of ether oxygens (including phenoxy) is 2. The van der Waals surface area contributed by atoms with Crippen molar-refractivity contribution in [1.29, 1.82) is 0 Å². The van der Waals surface area contributed by atoms with E-state index < -0.39 is 0 Å². The number of hydrogen-bond donors (Lipinski definition) is 1. The molecule has 3 aliphatic rings. The zero-order chi connectivity index (χ0) is 26.6. The fourth-order valence-electron chi connectivity index (χ4n) is 5.85. The third-order valence-electron chi connectivity index (χ3n) is 8.30. The number of nitrogens with one attached hydrogen (secondary N) is 1. The number of carbonyl (C=O) groups is 1. The van der Waals surface area contributed by atoms with Gasteiger partial charge in [0.15, 0.2) is 5.65 Å². The van der Waals surface area contributed by atoms with Crippen molar-refractivity contribution in [3.05, 3.63) is 60.4 Å². The van der Waals surface area contributed by atoms with Gasteiger partial charge in [0.05, 0.1) is 43.3 Å². The van der Waals surface area contributed by atoms with Gasteiger partial charge < -0.3 is 29.2 Å². The molecule has 39 heavy (non-hydrogen) atoms. The van der Waals surface area contributed by atoms with E-state index in [2.05, 4.69) is 38.9 Å². The minimum Gasteiger partial charge on any atom is -0.495 e. The van der Waals surface area contributed by atoms with Crippen LogP contribution in [0.25, 0.3) is 33.5 Å². The maximum Gasteiger partial charge on any atom is 0.253 e. The first-order valence-corrected chi connectivity index (χ1v) is 13.5. The highest BCUT2D eigenvalue weighted by Crippen LogP contribution is 2.38. The van der Waals surface area contributed by atoms with Crippen molar-refractivity contribution in [2.24, 2.45) is 5.41 Å². The molecule has 3 saturated heterocycles. The zero-order valence-electron chi connectivity index (χ0n) is 22.3. The second-order valence-electron chi connectivity index (χ2n) is 11.1. The van der Waals surface area contributed by atoms with Crippen molar-refractivity contribution in [3.8, 4) is 28.1 Å². The number of rotatable bonds is 5. The standard InChI is InChI=1S/C30H32N6O3/c1-34-9-11-35(12-10-34)25-8-7-22(13-26(25)38-2)24-15-32-28-27(33-24)23(14-31-28)20-3-5-21(6-4-20)29(37)36-16-30(17-36)18-39-19-30/h3-8,13-15H,9-12,16-19H2,1-2H3,(H,31,32). The minimum absolute atomic E-state index is 0.0778. The third-order valence-corrected chi connectivity index (χ3v) is 8.30. The predicted molar refractivity (Wildman–Crippen MR) is 150 cm³/mol. The summed E-state index contributed by atoms with van der Waals surface area (Å²) in [6.07, 6.45) is 3.72. The summed E-state index contributed by atoms with van der Waals surface area (Å²) in [7, 11) is 3.87. The molecule has 3 aliphatic heterocycles. The van der Waals surface area contributed by atoms with Gasteiger partial charge in [-0.15, -0.1) is 0 Å². The number of benzene rings is 2. The summed E-state index contributed by atoms with van der Waals surface area (Å²) in [4.78, 5) is 32.4. The van der Waals surface area contributed by atoms with Crippen molar-refractivity contribution >= 4 is 22.8 Å². The number of likely N-dealkylation sites (N-methyl/N-ethyl adjacent to an activating group) is 1. The molecule has 9 nitrogen and oxygen atoms in total. The number of nitrogens with zero attached hydrogens (tertiary/aromatic N) is 5. The first-order valence-electron chi connectivity index (χ1n) is 13.5. The number of piperazine rings is 1. The van der Waals surface area contributed by atoms with Crippen LogP contribution in [0.5, 0.6) is 5.75 Å². The molecule has 0 radical (unpaired) electrons. The van der Waals surface area contributed by atoms with Crippen LogP contribution in [-0.4, -0.2) is 97.3 Å². The fourth-order valence-corrected chi connectivity index (χ4v) is 5.85. The van der Waals surface area contributed by atoms with Gasteiger partial charge in [-0.25, -0.2) is 9.97 Å². The van der Waals surface area contributed by atoms with E-state index in [9.17, 15) is 4.79 Å². The van der Waals surface area contributed by atoms with Crippen LogP contribution in [0.15, 0.2) is 54.9 Å². The molecule has 3 fully saturated rings. The van der Waals surface area contributed by atoms with Crippen molar-refractivity contribution in [3.63, 3.8) is 0 Å². The van der Waals surface area contributed by atoms with Gasteiger partial charge in [0.2, 0.25) is 0 Å². The van der Waals surface area contributed by atoms with Crippen LogP contribution in [0.1, 0.15) is 10.4 Å². The number of carbonyl (C=O) groups excluding carboxylic acids is 1. The first kappa shape index (κ1) is 24.1. The van der Waals surface area contributed by atoms with E-state index in [1.807, 2.05) is 41.4 Å².